The third-order valence-electron chi connectivity index (χ3n) is 4.10. The van der Waals surface area contributed by atoms with E-state index in [0.29, 0.717) is 23.3 Å². The molecule has 0 aliphatic carbocycles. The standard InChI is InChI=1S/C17H11N5O6S2/c1-30(26,27)17-20-29-16-19-15(23)12(14(18)21(16)17)8-11-6-7-13(28-11)9-2-4-10(5-3-9)22(24)25/h2-8,18H,1H3/b12-8-,18-14?. The van der Waals surface area contributed by atoms with Gasteiger partial charge in [-0.05, 0) is 30.3 Å². The Balaban J connectivity index is 1.66. The summed E-state index contributed by atoms with van der Waals surface area (Å²) in [5.74, 6) is -0.491. The Morgan fingerprint density at radius 1 is 1.23 bits per heavy atom. The number of nitro benzene ring substituents is 1. The van der Waals surface area contributed by atoms with E-state index in [1.165, 1.54) is 30.3 Å². The zero-order chi connectivity index (χ0) is 21.6. The number of nitrogens with zero attached hydrogens (tertiary/aromatic N) is 4. The van der Waals surface area contributed by atoms with E-state index in [-0.39, 0.29) is 33.2 Å². The van der Waals surface area contributed by atoms with Crippen LogP contribution in [-0.2, 0) is 14.6 Å². The van der Waals surface area contributed by atoms with Gasteiger partial charge in [0, 0.05) is 24.0 Å². The summed E-state index contributed by atoms with van der Waals surface area (Å²) >= 11 is 0.706. The van der Waals surface area contributed by atoms with Gasteiger partial charge in [-0.3, -0.25) is 20.3 Å². The Kier molecular flexibility index (Phi) is 4.63. The monoisotopic (exact) mass is 445 g/mol. The largest absolute Gasteiger partial charge is 0.457 e. The van der Waals surface area contributed by atoms with Crippen molar-refractivity contribution < 1.29 is 22.6 Å². The topological polar surface area (TPSA) is 159 Å². The van der Waals surface area contributed by atoms with Crippen molar-refractivity contribution in [3.63, 3.8) is 0 Å². The highest BCUT2D eigenvalue weighted by Gasteiger charge is 2.41. The summed E-state index contributed by atoms with van der Waals surface area (Å²) in [6.07, 6.45) is 2.23. The molecule has 0 spiro atoms. The lowest BCUT2D eigenvalue weighted by atomic mass is 10.1. The highest BCUT2D eigenvalue weighted by atomic mass is 32.2. The molecule has 0 bridgehead atoms. The average Bonchev–Trinajstić information content (AvgIpc) is 3.32. The van der Waals surface area contributed by atoms with E-state index in [0.717, 1.165) is 11.2 Å². The average molecular weight is 445 g/mol. The van der Waals surface area contributed by atoms with Crippen molar-refractivity contribution in [2.45, 2.75) is 0 Å². The molecule has 30 heavy (non-hydrogen) atoms. The summed E-state index contributed by atoms with van der Waals surface area (Å²) < 4.78 is 33.3. The first kappa shape index (κ1) is 19.7. The highest BCUT2D eigenvalue weighted by molar-refractivity contribution is 8.16. The third-order valence-corrected chi connectivity index (χ3v) is 5.86. The molecule has 3 heterocycles. The number of nitro groups is 1. The maximum atomic E-state index is 12.3. The van der Waals surface area contributed by atoms with E-state index in [1.54, 1.807) is 12.1 Å². The maximum Gasteiger partial charge on any atom is 0.283 e. The van der Waals surface area contributed by atoms with Gasteiger partial charge in [-0.25, -0.2) is 13.3 Å². The van der Waals surface area contributed by atoms with Gasteiger partial charge in [-0.15, -0.1) is 0 Å². The van der Waals surface area contributed by atoms with Gasteiger partial charge in [-0.1, -0.05) is 0 Å². The summed E-state index contributed by atoms with van der Waals surface area (Å²) in [5.41, 5.74) is 0.356. The second kappa shape index (κ2) is 7.03. The van der Waals surface area contributed by atoms with Crippen LogP contribution in [0, 0.1) is 15.5 Å². The quantitative estimate of drug-likeness (QED) is 0.326. The highest BCUT2D eigenvalue weighted by Crippen LogP contribution is 2.31. The molecule has 4 rings (SSSR count). The fourth-order valence-corrected chi connectivity index (χ4v) is 4.56. The number of hydrogen-bond donors (Lipinski definition) is 1. The second-order valence-corrected chi connectivity index (χ2v) is 8.82. The van der Waals surface area contributed by atoms with Gasteiger partial charge in [-0.2, -0.15) is 9.39 Å². The summed E-state index contributed by atoms with van der Waals surface area (Å²) in [4.78, 5) is 27.4. The Labute approximate surface area is 173 Å². The second-order valence-electron chi connectivity index (χ2n) is 6.18. The minimum absolute atomic E-state index is 0.00594. The van der Waals surface area contributed by atoms with Crippen LogP contribution in [0.3, 0.4) is 0 Å². The molecule has 2 aliphatic heterocycles. The molecule has 0 saturated heterocycles. The number of rotatable bonds is 3. The molecule has 0 fully saturated rings. The molecule has 0 atom stereocenters. The molecule has 152 valence electrons. The SMILES string of the molecule is CS(=O)(=O)C1=NSC2=NC(=O)/C(=C\c3ccc(-c4ccc([N+](=O)[O-])cc4)o3)C(=N)N21. The lowest BCUT2D eigenvalue weighted by Crippen LogP contribution is -2.45. The van der Waals surface area contributed by atoms with E-state index < -0.39 is 20.7 Å². The molecule has 13 heteroatoms. The van der Waals surface area contributed by atoms with Crippen LogP contribution in [0.25, 0.3) is 17.4 Å². The van der Waals surface area contributed by atoms with Gasteiger partial charge in [0.1, 0.15) is 17.4 Å². The summed E-state index contributed by atoms with van der Waals surface area (Å²) in [6, 6.07) is 8.87. The minimum atomic E-state index is -3.74. The first-order valence-electron chi connectivity index (χ1n) is 8.18. The van der Waals surface area contributed by atoms with Crippen molar-refractivity contribution in [1.82, 2.24) is 4.90 Å². The van der Waals surface area contributed by atoms with E-state index >= 15 is 0 Å². The van der Waals surface area contributed by atoms with Crippen LogP contribution >= 0.6 is 11.9 Å². The van der Waals surface area contributed by atoms with Crippen LogP contribution in [0.5, 0.6) is 0 Å². The van der Waals surface area contributed by atoms with Crippen LogP contribution in [0.2, 0.25) is 0 Å². The van der Waals surface area contributed by atoms with Gasteiger partial charge >= 0.3 is 0 Å². The molecule has 1 aromatic carbocycles. The van der Waals surface area contributed by atoms with E-state index in [1.807, 2.05) is 0 Å². The number of non-ortho nitro benzene ring substituents is 1. The van der Waals surface area contributed by atoms with Crippen molar-refractivity contribution in [3.05, 3.63) is 57.8 Å². The first-order valence-corrected chi connectivity index (χ1v) is 10.8. The minimum Gasteiger partial charge on any atom is -0.457 e. The number of benzene rings is 1. The Morgan fingerprint density at radius 3 is 2.57 bits per heavy atom. The van der Waals surface area contributed by atoms with E-state index in [9.17, 15) is 23.3 Å². The fraction of sp³-hybridized carbons (Fsp3) is 0.0588. The predicted molar refractivity (Wildman–Crippen MR) is 111 cm³/mol. The molecule has 2 aromatic rings. The maximum absolute atomic E-state index is 12.3. The third kappa shape index (κ3) is 3.44. The Morgan fingerprint density at radius 2 is 1.93 bits per heavy atom. The van der Waals surface area contributed by atoms with Crippen LogP contribution in [-0.4, -0.2) is 46.6 Å². The Hall–Kier alpha value is -3.58. The van der Waals surface area contributed by atoms with E-state index in [2.05, 4.69) is 9.39 Å². The summed E-state index contributed by atoms with van der Waals surface area (Å²) in [6.45, 7) is 0. The number of nitrogens with one attached hydrogen (secondary N) is 1. The number of aliphatic imine (C=N–C) groups is 1. The van der Waals surface area contributed by atoms with Gasteiger partial charge in [0.25, 0.3) is 11.6 Å². The number of fused-ring (bicyclic) bond motifs is 1. The molecule has 0 saturated carbocycles. The molecular formula is C17H11N5O6S2. The number of sulfone groups is 1. The fourth-order valence-electron chi connectivity index (χ4n) is 2.71. The molecule has 1 N–H and O–H groups in total. The molecule has 1 amide bonds. The van der Waals surface area contributed by atoms with E-state index in [4.69, 9.17) is 9.83 Å². The van der Waals surface area contributed by atoms with Crippen LogP contribution in [0.1, 0.15) is 5.76 Å². The number of amides is 1. The number of amidine groups is 3. The van der Waals surface area contributed by atoms with Crippen LogP contribution < -0.4 is 0 Å². The Bertz CT molecular complexity index is 1300. The molecule has 2 aliphatic rings. The molecular weight excluding hydrogens is 434 g/mol. The number of hydrogen-bond acceptors (Lipinski definition) is 9. The van der Waals surface area contributed by atoms with Gasteiger partial charge in [0.15, 0.2) is 0 Å². The van der Waals surface area contributed by atoms with Gasteiger partial charge in [0.2, 0.25) is 20.2 Å². The van der Waals surface area contributed by atoms with Crippen molar-refractivity contribution in [3.8, 4) is 11.3 Å². The first-order chi connectivity index (χ1) is 14.1. The smallest absolute Gasteiger partial charge is 0.283 e. The molecule has 0 unspecified atom stereocenters. The van der Waals surface area contributed by atoms with Crippen molar-refractivity contribution in [2.24, 2.45) is 9.39 Å². The van der Waals surface area contributed by atoms with Crippen molar-refractivity contribution in [2.75, 3.05) is 6.26 Å². The lowest BCUT2D eigenvalue weighted by Gasteiger charge is -2.23. The zero-order valence-corrected chi connectivity index (χ0v) is 16.7. The van der Waals surface area contributed by atoms with Crippen LogP contribution in [0.4, 0.5) is 5.69 Å². The molecule has 11 nitrogen and oxygen atoms in total. The zero-order valence-electron chi connectivity index (χ0n) is 15.1. The van der Waals surface area contributed by atoms with Crippen molar-refractivity contribution >= 4 is 55.6 Å². The lowest BCUT2D eigenvalue weighted by molar-refractivity contribution is -0.384. The summed E-state index contributed by atoms with van der Waals surface area (Å²) in [7, 11) is -3.74. The predicted octanol–water partition coefficient (Wildman–Crippen LogP) is 2.48. The van der Waals surface area contributed by atoms with Crippen LogP contribution in [0.15, 0.2) is 55.8 Å². The van der Waals surface area contributed by atoms with Gasteiger partial charge in [0.05, 0.1) is 22.4 Å². The number of carbonyl (C=O) groups excluding carboxylic acids is 1. The number of carbonyl (C=O) groups is 1. The normalized spacial score (nSPS) is 17.8. The summed E-state index contributed by atoms with van der Waals surface area (Å²) in [5, 5.41) is 18.7. The molecule has 1 aromatic heterocycles. The molecule has 0 radical (unpaired) electrons. The van der Waals surface area contributed by atoms with Gasteiger partial charge < -0.3 is 4.42 Å². The van der Waals surface area contributed by atoms with Crippen molar-refractivity contribution in [1.29, 1.82) is 5.41 Å². The number of furan rings is 1.